The normalized spacial score (nSPS) is 11.8. The first-order valence-corrected chi connectivity index (χ1v) is 7.95. The Morgan fingerprint density at radius 1 is 1.36 bits per heavy atom. The second kappa shape index (κ2) is 9.49. The molecule has 7 heteroatoms. The third-order valence-electron chi connectivity index (χ3n) is 2.83. The van der Waals surface area contributed by atoms with Gasteiger partial charge in [0, 0.05) is 24.8 Å². The van der Waals surface area contributed by atoms with E-state index in [-0.39, 0.29) is 11.4 Å². The van der Waals surface area contributed by atoms with Gasteiger partial charge >= 0.3 is 0 Å². The molecule has 0 aliphatic heterocycles. The minimum Gasteiger partial charge on any atom is -0.374 e. The van der Waals surface area contributed by atoms with E-state index in [4.69, 9.17) is 21.1 Å². The van der Waals surface area contributed by atoms with Gasteiger partial charge in [-0.25, -0.2) is 0 Å². The fourth-order valence-electron chi connectivity index (χ4n) is 1.65. The van der Waals surface area contributed by atoms with Crippen molar-refractivity contribution in [2.75, 3.05) is 27.0 Å². The van der Waals surface area contributed by atoms with Gasteiger partial charge in [0.05, 0.1) is 11.6 Å². The van der Waals surface area contributed by atoms with E-state index in [1.54, 1.807) is 30.5 Å². The van der Waals surface area contributed by atoms with Crippen LogP contribution in [0, 0.1) is 11.3 Å². The monoisotopic (exact) mass is 340 g/mol. The van der Waals surface area contributed by atoms with Crippen molar-refractivity contribution in [3.8, 4) is 6.07 Å². The highest BCUT2D eigenvalue weighted by Gasteiger charge is 2.18. The third kappa shape index (κ3) is 5.04. The molecule has 1 aromatic rings. The lowest BCUT2D eigenvalue weighted by Crippen LogP contribution is -2.29. The maximum Gasteiger partial charge on any atom is 0.206 e. The molecule has 5 nitrogen and oxygen atoms in total. The summed E-state index contributed by atoms with van der Waals surface area (Å²) in [6, 6.07) is 8.36. The van der Waals surface area contributed by atoms with Crippen molar-refractivity contribution in [1.29, 1.82) is 5.26 Å². The van der Waals surface area contributed by atoms with Crippen LogP contribution in [-0.4, -0.2) is 39.1 Å². The van der Waals surface area contributed by atoms with Crippen LogP contribution in [0.2, 0.25) is 5.02 Å². The van der Waals surface area contributed by atoms with Crippen LogP contribution in [0.25, 0.3) is 0 Å². The zero-order valence-corrected chi connectivity index (χ0v) is 14.1. The first-order chi connectivity index (χ1) is 10.6. The van der Waals surface area contributed by atoms with E-state index >= 15 is 0 Å². The molecule has 1 N–H and O–H groups in total. The predicted molar refractivity (Wildman–Crippen MR) is 87.7 cm³/mol. The highest BCUT2D eigenvalue weighted by atomic mass is 35.5. The van der Waals surface area contributed by atoms with Crippen LogP contribution in [0.15, 0.2) is 34.9 Å². The largest absolute Gasteiger partial charge is 0.374 e. The van der Waals surface area contributed by atoms with Crippen molar-refractivity contribution >= 4 is 29.1 Å². The molecular formula is C15H17ClN2O3S. The number of nitrogens with zero attached hydrogens (tertiary/aromatic N) is 1. The molecule has 0 bridgehead atoms. The Hall–Kier alpha value is -1.52. The average Bonchev–Trinajstić information content (AvgIpc) is 2.55. The number of nitriles is 1. The van der Waals surface area contributed by atoms with Crippen LogP contribution in [0.4, 0.5) is 0 Å². The standard InChI is InChI=1S/C15H17ClN2O3S/c1-20-13(21-2)9-18-15(22-3)12(8-17)14(19)10-4-6-11(16)7-5-10/h4-7,13,18H,9H2,1-3H3/b15-12-. The maximum atomic E-state index is 12.4. The predicted octanol–water partition coefficient (Wildman–Crippen LogP) is 2.83. The van der Waals surface area contributed by atoms with E-state index in [2.05, 4.69) is 5.32 Å². The molecule has 0 saturated carbocycles. The summed E-state index contributed by atoms with van der Waals surface area (Å²) in [4.78, 5) is 12.4. The lowest BCUT2D eigenvalue weighted by atomic mass is 10.1. The van der Waals surface area contributed by atoms with Gasteiger partial charge in [-0.3, -0.25) is 4.79 Å². The molecule has 0 aliphatic carbocycles. The van der Waals surface area contributed by atoms with Crippen LogP contribution >= 0.6 is 23.4 Å². The number of ketones is 1. The molecule has 0 spiro atoms. The zero-order chi connectivity index (χ0) is 16.5. The molecular weight excluding hydrogens is 324 g/mol. The van der Waals surface area contributed by atoms with Gasteiger partial charge in [-0.1, -0.05) is 11.6 Å². The third-order valence-corrected chi connectivity index (χ3v) is 3.84. The van der Waals surface area contributed by atoms with Crippen LogP contribution in [0.1, 0.15) is 10.4 Å². The number of hydrogen-bond acceptors (Lipinski definition) is 6. The van der Waals surface area contributed by atoms with Gasteiger partial charge in [0.25, 0.3) is 0 Å². The molecule has 0 radical (unpaired) electrons. The summed E-state index contributed by atoms with van der Waals surface area (Å²) in [5.74, 6) is -0.359. The fraction of sp³-hybridized carbons (Fsp3) is 0.333. The van der Waals surface area contributed by atoms with Gasteiger partial charge in [-0.2, -0.15) is 5.26 Å². The number of methoxy groups -OCH3 is 2. The van der Waals surface area contributed by atoms with E-state index in [0.717, 1.165) is 0 Å². The fourth-order valence-corrected chi connectivity index (χ4v) is 2.35. The SMILES string of the molecule is COC(CN/C(SC)=C(\C#N)C(=O)c1ccc(Cl)cc1)OC. The van der Waals surface area contributed by atoms with Crippen LogP contribution < -0.4 is 5.32 Å². The number of nitrogens with one attached hydrogen (secondary N) is 1. The Morgan fingerprint density at radius 2 is 1.95 bits per heavy atom. The molecule has 0 atom stereocenters. The Labute approximate surface area is 139 Å². The molecule has 1 rings (SSSR count). The van der Waals surface area contributed by atoms with Crippen molar-refractivity contribution in [3.63, 3.8) is 0 Å². The Kier molecular flexibility index (Phi) is 7.99. The zero-order valence-electron chi connectivity index (χ0n) is 12.6. The van der Waals surface area contributed by atoms with Gasteiger partial charge in [0.15, 0.2) is 6.29 Å². The van der Waals surface area contributed by atoms with Gasteiger partial charge in [0.1, 0.15) is 11.6 Å². The number of hydrogen-bond donors (Lipinski definition) is 1. The topological polar surface area (TPSA) is 71.3 Å². The number of ether oxygens (including phenoxy) is 2. The van der Waals surface area contributed by atoms with Gasteiger partial charge in [0.2, 0.25) is 5.78 Å². The Balaban J connectivity index is 3.00. The summed E-state index contributed by atoms with van der Waals surface area (Å²) in [6.45, 7) is 0.322. The second-order valence-corrected chi connectivity index (χ2v) is 5.39. The number of rotatable bonds is 8. The minimum atomic E-state index is -0.465. The van der Waals surface area contributed by atoms with Gasteiger partial charge in [-0.15, -0.1) is 11.8 Å². The smallest absolute Gasteiger partial charge is 0.206 e. The number of carbonyl (C=O) groups is 1. The molecule has 0 aliphatic rings. The van der Waals surface area contributed by atoms with Gasteiger partial charge < -0.3 is 14.8 Å². The summed E-state index contributed by atoms with van der Waals surface area (Å²) in [5.41, 5.74) is 0.449. The molecule has 0 heterocycles. The second-order valence-electron chi connectivity index (χ2n) is 4.14. The molecule has 0 unspecified atom stereocenters. The van der Waals surface area contributed by atoms with Crippen molar-refractivity contribution in [3.05, 3.63) is 45.5 Å². The van der Waals surface area contributed by atoms with E-state index in [1.807, 2.05) is 6.07 Å². The number of Topliss-reactive ketones (excluding diaryl/α,β-unsaturated/α-hetero) is 1. The number of carbonyl (C=O) groups excluding carboxylic acids is 1. The lowest BCUT2D eigenvalue weighted by Gasteiger charge is -2.16. The molecule has 22 heavy (non-hydrogen) atoms. The molecule has 0 amide bonds. The first kappa shape index (κ1) is 18.5. The first-order valence-electron chi connectivity index (χ1n) is 6.35. The lowest BCUT2D eigenvalue weighted by molar-refractivity contribution is -0.0973. The van der Waals surface area contributed by atoms with Crippen molar-refractivity contribution in [2.24, 2.45) is 0 Å². The summed E-state index contributed by atoms with van der Waals surface area (Å²) in [6.07, 6.45) is 1.32. The van der Waals surface area contributed by atoms with Crippen molar-refractivity contribution < 1.29 is 14.3 Å². The summed E-state index contributed by atoms with van der Waals surface area (Å²) in [5, 5.41) is 13.3. The number of allylic oxidation sites excluding steroid dienone is 1. The molecule has 118 valence electrons. The average molecular weight is 341 g/mol. The highest BCUT2D eigenvalue weighted by molar-refractivity contribution is 8.02. The number of halogens is 1. The van der Waals surface area contributed by atoms with E-state index in [9.17, 15) is 10.1 Å². The highest BCUT2D eigenvalue weighted by Crippen LogP contribution is 2.19. The molecule has 1 aromatic carbocycles. The summed E-state index contributed by atoms with van der Waals surface area (Å²) >= 11 is 7.08. The van der Waals surface area contributed by atoms with E-state index < -0.39 is 6.29 Å². The van der Waals surface area contributed by atoms with Crippen molar-refractivity contribution in [1.82, 2.24) is 5.32 Å². The molecule has 0 saturated heterocycles. The van der Waals surface area contributed by atoms with E-state index in [0.29, 0.717) is 22.2 Å². The van der Waals surface area contributed by atoms with Gasteiger partial charge in [-0.05, 0) is 30.5 Å². The summed E-state index contributed by atoms with van der Waals surface area (Å²) in [7, 11) is 3.03. The Morgan fingerprint density at radius 3 is 2.41 bits per heavy atom. The quantitative estimate of drug-likeness (QED) is 0.339. The van der Waals surface area contributed by atoms with Crippen LogP contribution in [0.3, 0.4) is 0 Å². The van der Waals surface area contributed by atoms with E-state index in [1.165, 1.54) is 26.0 Å². The minimum absolute atomic E-state index is 0.0424. The maximum absolute atomic E-state index is 12.4. The van der Waals surface area contributed by atoms with Crippen molar-refractivity contribution in [2.45, 2.75) is 6.29 Å². The van der Waals surface area contributed by atoms with Crippen LogP contribution in [-0.2, 0) is 9.47 Å². The molecule has 0 fully saturated rings. The summed E-state index contributed by atoms with van der Waals surface area (Å²) < 4.78 is 10.1. The number of thioether (sulfide) groups is 1. The number of benzene rings is 1. The van der Waals surface area contributed by atoms with Crippen LogP contribution in [0.5, 0.6) is 0 Å². The molecule has 0 aromatic heterocycles. The Bertz CT molecular complexity index is 577.